The van der Waals surface area contributed by atoms with E-state index in [1.165, 1.54) is 6.07 Å². The molecule has 18 heavy (non-hydrogen) atoms. The van der Waals surface area contributed by atoms with Crippen molar-refractivity contribution in [3.63, 3.8) is 0 Å². The Morgan fingerprint density at radius 1 is 1.56 bits per heavy atom. The molecule has 0 unspecified atom stereocenters. The summed E-state index contributed by atoms with van der Waals surface area (Å²) in [6.07, 6.45) is -4.38. The first-order chi connectivity index (χ1) is 8.30. The number of alkyl halides is 3. The van der Waals surface area contributed by atoms with E-state index in [2.05, 4.69) is 14.5 Å². The molecule has 2 N–H and O–H groups in total. The van der Waals surface area contributed by atoms with E-state index in [4.69, 9.17) is 11.0 Å². The van der Waals surface area contributed by atoms with Gasteiger partial charge in [-0.15, -0.1) is 13.2 Å². The van der Waals surface area contributed by atoms with Gasteiger partial charge in [-0.2, -0.15) is 5.26 Å². The summed E-state index contributed by atoms with van der Waals surface area (Å²) in [5, 5.41) is 8.67. The number of nitrogens with two attached hydrogens (primary N) is 1. The molecule has 1 heterocycles. The van der Waals surface area contributed by atoms with Gasteiger partial charge in [-0.1, -0.05) is 0 Å². The molecule has 0 amide bonds. The SMILES string of the molecule is COC(=O)c1c(C#N)ncc(OC(F)(F)F)c1N. The van der Waals surface area contributed by atoms with E-state index in [0.29, 0.717) is 6.20 Å². The van der Waals surface area contributed by atoms with Gasteiger partial charge in [0, 0.05) is 0 Å². The topological polar surface area (TPSA) is 98.2 Å². The van der Waals surface area contributed by atoms with Crippen LogP contribution in [0.4, 0.5) is 18.9 Å². The number of halogens is 3. The van der Waals surface area contributed by atoms with Crippen LogP contribution in [-0.4, -0.2) is 24.4 Å². The molecule has 9 heteroatoms. The van der Waals surface area contributed by atoms with Crippen molar-refractivity contribution in [1.82, 2.24) is 4.98 Å². The molecule has 0 atom stereocenters. The molecule has 1 rings (SSSR count). The van der Waals surface area contributed by atoms with Crippen LogP contribution in [0.2, 0.25) is 0 Å². The monoisotopic (exact) mass is 261 g/mol. The maximum atomic E-state index is 12.0. The molecule has 0 saturated heterocycles. The molecular weight excluding hydrogens is 255 g/mol. The first kappa shape index (κ1) is 13.6. The second-order valence-corrected chi connectivity index (χ2v) is 2.91. The number of nitrogen functional groups attached to an aromatic ring is 1. The fraction of sp³-hybridized carbons (Fsp3) is 0.222. The normalized spacial score (nSPS) is 10.6. The van der Waals surface area contributed by atoms with Gasteiger partial charge in [-0.3, -0.25) is 0 Å². The molecule has 0 aliphatic carbocycles. The molecule has 0 bridgehead atoms. The number of hydrogen-bond donors (Lipinski definition) is 1. The second kappa shape index (κ2) is 4.79. The van der Waals surface area contributed by atoms with Gasteiger partial charge in [-0.05, 0) is 0 Å². The summed E-state index contributed by atoms with van der Waals surface area (Å²) in [4.78, 5) is 14.6. The molecule has 6 nitrogen and oxygen atoms in total. The van der Waals surface area contributed by atoms with Crippen molar-refractivity contribution in [3.05, 3.63) is 17.5 Å². The van der Waals surface area contributed by atoms with Crippen molar-refractivity contribution in [2.45, 2.75) is 6.36 Å². The first-order valence-corrected chi connectivity index (χ1v) is 4.32. The molecule has 0 aliphatic rings. The van der Waals surface area contributed by atoms with Gasteiger partial charge < -0.3 is 15.2 Å². The Kier molecular flexibility index (Phi) is 3.61. The number of carbonyl (C=O) groups excluding carboxylic acids is 1. The van der Waals surface area contributed by atoms with Crippen molar-refractivity contribution >= 4 is 11.7 Å². The van der Waals surface area contributed by atoms with Gasteiger partial charge in [-0.25, -0.2) is 9.78 Å². The summed E-state index contributed by atoms with van der Waals surface area (Å²) in [5.74, 6) is -1.95. The third kappa shape index (κ3) is 2.79. The minimum atomic E-state index is -4.99. The highest BCUT2D eigenvalue weighted by atomic mass is 19.4. The number of rotatable bonds is 2. The van der Waals surface area contributed by atoms with Gasteiger partial charge in [0.15, 0.2) is 11.4 Å². The fourth-order valence-corrected chi connectivity index (χ4v) is 1.11. The van der Waals surface area contributed by atoms with Crippen LogP contribution in [0.5, 0.6) is 5.75 Å². The summed E-state index contributed by atoms with van der Waals surface area (Å²) < 4.78 is 44.0. The van der Waals surface area contributed by atoms with Crippen molar-refractivity contribution in [1.29, 1.82) is 5.26 Å². The predicted molar refractivity (Wildman–Crippen MR) is 51.4 cm³/mol. The lowest BCUT2D eigenvalue weighted by Gasteiger charge is -2.13. The number of ether oxygens (including phenoxy) is 2. The highest BCUT2D eigenvalue weighted by Crippen LogP contribution is 2.31. The summed E-state index contributed by atoms with van der Waals surface area (Å²) in [6, 6.07) is 1.51. The van der Waals surface area contributed by atoms with Crippen molar-refractivity contribution in [3.8, 4) is 11.8 Å². The third-order valence-electron chi connectivity index (χ3n) is 1.80. The molecule has 0 fully saturated rings. The lowest BCUT2D eigenvalue weighted by Crippen LogP contribution is -2.20. The summed E-state index contributed by atoms with van der Waals surface area (Å²) in [7, 11) is 0.986. The highest BCUT2D eigenvalue weighted by molar-refractivity contribution is 5.98. The fourth-order valence-electron chi connectivity index (χ4n) is 1.11. The maximum absolute atomic E-state index is 12.0. The number of nitrogens with zero attached hydrogens (tertiary/aromatic N) is 2. The number of nitriles is 1. The van der Waals surface area contributed by atoms with Crippen LogP contribution in [0.15, 0.2) is 6.20 Å². The number of methoxy groups -OCH3 is 1. The van der Waals surface area contributed by atoms with E-state index in [9.17, 15) is 18.0 Å². The van der Waals surface area contributed by atoms with E-state index >= 15 is 0 Å². The van der Waals surface area contributed by atoms with Crippen LogP contribution >= 0.6 is 0 Å². The minimum Gasteiger partial charge on any atom is -0.465 e. The van der Waals surface area contributed by atoms with E-state index in [1.807, 2.05) is 0 Å². The van der Waals surface area contributed by atoms with Crippen molar-refractivity contribution < 1.29 is 27.4 Å². The maximum Gasteiger partial charge on any atom is 0.573 e. The smallest absolute Gasteiger partial charge is 0.465 e. The lowest BCUT2D eigenvalue weighted by atomic mass is 10.1. The molecular formula is C9H6F3N3O3. The van der Waals surface area contributed by atoms with E-state index in [0.717, 1.165) is 7.11 Å². The van der Waals surface area contributed by atoms with Crippen LogP contribution in [0.25, 0.3) is 0 Å². The second-order valence-electron chi connectivity index (χ2n) is 2.91. The molecule has 0 aliphatic heterocycles. The Bertz CT molecular complexity index is 522. The van der Waals surface area contributed by atoms with Crippen LogP contribution in [-0.2, 0) is 4.74 Å². The number of hydrogen-bond acceptors (Lipinski definition) is 6. The van der Waals surface area contributed by atoms with E-state index in [1.54, 1.807) is 0 Å². The molecule has 0 aromatic carbocycles. The van der Waals surface area contributed by atoms with Gasteiger partial charge in [0.1, 0.15) is 11.6 Å². The summed E-state index contributed by atoms with van der Waals surface area (Å²) in [5.41, 5.74) is 3.65. The predicted octanol–water partition coefficient (Wildman–Crippen LogP) is 1.22. The highest BCUT2D eigenvalue weighted by Gasteiger charge is 2.33. The molecule has 0 saturated carbocycles. The largest absolute Gasteiger partial charge is 0.573 e. The Labute approximate surface area is 98.7 Å². The Morgan fingerprint density at radius 3 is 2.61 bits per heavy atom. The van der Waals surface area contributed by atoms with Gasteiger partial charge in [0.2, 0.25) is 0 Å². The van der Waals surface area contributed by atoms with Gasteiger partial charge >= 0.3 is 12.3 Å². The Hall–Kier alpha value is -2.50. The molecule has 1 aromatic heterocycles. The molecule has 0 radical (unpaired) electrons. The number of anilines is 1. The number of aromatic nitrogens is 1. The molecule has 0 spiro atoms. The molecule has 96 valence electrons. The summed E-state index contributed by atoms with van der Waals surface area (Å²) >= 11 is 0. The zero-order chi connectivity index (χ0) is 13.9. The van der Waals surface area contributed by atoms with E-state index in [-0.39, 0.29) is 0 Å². The number of carbonyl (C=O) groups is 1. The van der Waals surface area contributed by atoms with Crippen LogP contribution < -0.4 is 10.5 Å². The van der Waals surface area contributed by atoms with Crippen LogP contribution in [0.3, 0.4) is 0 Å². The van der Waals surface area contributed by atoms with Crippen molar-refractivity contribution in [2.75, 3.05) is 12.8 Å². The average Bonchev–Trinajstić information content (AvgIpc) is 2.29. The quantitative estimate of drug-likeness (QED) is 0.803. The Morgan fingerprint density at radius 2 is 2.17 bits per heavy atom. The minimum absolute atomic E-state index is 0.450. The van der Waals surface area contributed by atoms with Crippen molar-refractivity contribution in [2.24, 2.45) is 0 Å². The Balaban J connectivity index is 3.35. The van der Waals surface area contributed by atoms with E-state index < -0.39 is 35.0 Å². The average molecular weight is 261 g/mol. The molecule has 1 aromatic rings. The summed E-state index contributed by atoms with van der Waals surface area (Å²) in [6.45, 7) is 0. The van der Waals surface area contributed by atoms with Gasteiger partial charge in [0.05, 0.1) is 19.0 Å². The standard InChI is InChI=1S/C9H6F3N3O3/c1-17-8(16)6-4(2-13)15-3-5(7(6)14)18-9(10,11)12/h3H,1H3,(H2,14,15). The van der Waals surface area contributed by atoms with Crippen LogP contribution in [0, 0.1) is 11.3 Å². The zero-order valence-electron chi connectivity index (χ0n) is 8.91. The first-order valence-electron chi connectivity index (χ1n) is 4.32. The number of esters is 1. The number of pyridine rings is 1. The third-order valence-corrected chi connectivity index (χ3v) is 1.80. The van der Waals surface area contributed by atoms with Gasteiger partial charge in [0.25, 0.3) is 0 Å². The lowest BCUT2D eigenvalue weighted by molar-refractivity contribution is -0.274. The van der Waals surface area contributed by atoms with Crippen LogP contribution in [0.1, 0.15) is 16.1 Å². The zero-order valence-corrected chi connectivity index (χ0v) is 8.91.